The van der Waals surface area contributed by atoms with Crippen LogP contribution in [0.4, 0.5) is 0 Å². The Morgan fingerprint density at radius 1 is 1.33 bits per heavy atom. The molecule has 1 saturated carbocycles. The zero-order valence-corrected chi connectivity index (χ0v) is 12.6. The molecule has 1 heterocycles. The molecule has 1 aliphatic carbocycles. The van der Waals surface area contributed by atoms with E-state index in [1.807, 2.05) is 0 Å². The first kappa shape index (κ1) is 15.7. The van der Waals surface area contributed by atoms with Crippen LogP contribution in [0.25, 0.3) is 0 Å². The third-order valence-corrected chi connectivity index (χ3v) is 4.05. The maximum atomic E-state index is 12.2. The van der Waals surface area contributed by atoms with Gasteiger partial charge in [0, 0.05) is 18.3 Å². The largest absolute Gasteiger partial charge is 0.469 e. The summed E-state index contributed by atoms with van der Waals surface area (Å²) in [5.41, 5.74) is 0.535. The smallest absolute Gasteiger partial charge is 0.308 e. The van der Waals surface area contributed by atoms with Crippen LogP contribution in [0.5, 0.6) is 0 Å². The van der Waals surface area contributed by atoms with Gasteiger partial charge in [0.15, 0.2) is 5.15 Å². The van der Waals surface area contributed by atoms with E-state index >= 15 is 0 Å². The van der Waals surface area contributed by atoms with Crippen molar-refractivity contribution in [3.05, 3.63) is 23.2 Å². The second kappa shape index (κ2) is 7.36. The monoisotopic (exact) mass is 311 g/mol. The molecule has 0 bridgehead atoms. The van der Waals surface area contributed by atoms with Crippen LogP contribution in [0.2, 0.25) is 5.15 Å². The van der Waals surface area contributed by atoms with E-state index in [1.165, 1.54) is 19.5 Å². The number of carbonyl (C=O) groups excluding carboxylic acids is 2. The number of carbonyl (C=O) groups is 2. The average molecular weight is 312 g/mol. The highest BCUT2D eigenvalue weighted by Gasteiger charge is 2.31. The van der Waals surface area contributed by atoms with Gasteiger partial charge in [-0.1, -0.05) is 18.0 Å². The van der Waals surface area contributed by atoms with Crippen molar-refractivity contribution in [2.75, 3.05) is 7.11 Å². The molecule has 0 spiro atoms. The van der Waals surface area contributed by atoms with Gasteiger partial charge in [-0.15, -0.1) is 0 Å². The number of nitrogens with zero attached hydrogens (tertiary/aromatic N) is 2. The van der Waals surface area contributed by atoms with Gasteiger partial charge in [0.2, 0.25) is 5.91 Å². The van der Waals surface area contributed by atoms with Crippen molar-refractivity contribution in [2.24, 2.45) is 11.8 Å². The number of hydrogen-bond donors (Lipinski definition) is 1. The lowest BCUT2D eigenvalue weighted by molar-refractivity contribution is -0.147. The number of rotatable bonds is 4. The standard InChI is InChI=1S/C14H18ClN3O3/c1-21-14(20)10-4-2-3-9(7-10)13(19)18-8-11-12(15)17-6-5-16-11/h5-6,9-10H,2-4,7-8H2,1H3,(H,18,19)/t9-,10+/m1/s1. The number of hydrogen-bond acceptors (Lipinski definition) is 5. The second-order valence-corrected chi connectivity index (χ2v) is 5.45. The Kier molecular flexibility index (Phi) is 5.50. The van der Waals surface area contributed by atoms with Crippen LogP contribution < -0.4 is 5.32 Å². The zero-order valence-electron chi connectivity index (χ0n) is 11.8. The van der Waals surface area contributed by atoms with E-state index < -0.39 is 0 Å². The molecule has 1 aliphatic rings. The van der Waals surface area contributed by atoms with Gasteiger partial charge in [0.1, 0.15) is 0 Å². The summed E-state index contributed by atoms with van der Waals surface area (Å²) in [6, 6.07) is 0. The predicted molar refractivity (Wildman–Crippen MR) is 76.4 cm³/mol. The SMILES string of the molecule is COC(=O)[C@H]1CCC[C@@H](C(=O)NCc2nccnc2Cl)C1. The van der Waals surface area contributed by atoms with Gasteiger partial charge < -0.3 is 10.1 Å². The van der Waals surface area contributed by atoms with Crippen LogP contribution in [0.3, 0.4) is 0 Å². The van der Waals surface area contributed by atoms with Crippen molar-refractivity contribution in [2.45, 2.75) is 32.2 Å². The Labute approximate surface area is 128 Å². The van der Waals surface area contributed by atoms with Crippen LogP contribution in [0, 0.1) is 11.8 Å². The van der Waals surface area contributed by atoms with Crippen molar-refractivity contribution < 1.29 is 14.3 Å². The molecule has 1 amide bonds. The molecular formula is C14H18ClN3O3. The number of halogens is 1. The third kappa shape index (κ3) is 4.14. The lowest BCUT2D eigenvalue weighted by Gasteiger charge is -2.26. The highest BCUT2D eigenvalue weighted by molar-refractivity contribution is 6.29. The summed E-state index contributed by atoms with van der Waals surface area (Å²) in [6.45, 7) is 0.241. The zero-order chi connectivity index (χ0) is 15.2. The molecule has 6 nitrogen and oxygen atoms in total. The minimum Gasteiger partial charge on any atom is -0.469 e. The minimum absolute atomic E-state index is 0.0784. The number of ether oxygens (including phenoxy) is 1. The summed E-state index contributed by atoms with van der Waals surface area (Å²) in [5.74, 6) is -0.660. The average Bonchev–Trinajstić information content (AvgIpc) is 2.53. The third-order valence-electron chi connectivity index (χ3n) is 3.73. The Bertz CT molecular complexity index is 524. The molecule has 2 atom stereocenters. The van der Waals surface area contributed by atoms with E-state index in [0.717, 1.165) is 19.3 Å². The topological polar surface area (TPSA) is 81.2 Å². The summed E-state index contributed by atoms with van der Waals surface area (Å²) < 4.78 is 4.76. The molecule has 0 aromatic carbocycles. The van der Waals surface area contributed by atoms with E-state index in [1.54, 1.807) is 0 Å². The molecule has 7 heteroatoms. The van der Waals surface area contributed by atoms with Gasteiger partial charge in [0.25, 0.3) is 0 Å². The maximum absolute atomic E-state index is 12.2. The molecule has 1 fully saturated rings. The first-order chi connectivity index (χ1) is 10.1. The molecule has 1 N–H and O–H groups in total. The molecule has 0 unspecified atom stereocenters. The maximum Gasteiger partial charge on any atom is 0.308 e. The van der Waals surface area contributed by atoms with Gasteiger partial charge in [0.05, 0.1) is 25.3 Å². The number of esters is 1. The summed E-state index contributed by atoms with van der Waals surface area (Å²) in [5, 5.41) is 3.09. The Balaban J connectivity index is 1.88. The Hall–Kier alpha value is -1.69. The summed E-state index contributed by atoms with van der Waals surface area (Å²) in [6.07, 6.45) is 5.98. The van der Waals surface area contributed by atoms with E-state index in [-0.39, 0.29) is 35.4 Å². The molecule has 114 valence electrons. The summed E-state index contributed by atoms with van der Waals surface area (Å²) >= 11 is 5.89. The van der Waals surface area contributed by atoms with E-state index in [4.69, 9.17) is 16.3 Å². The van der Waals surface area contributed by atoms with Gasteiger partial charge in [-0.3, -0.25) is 14.6 Å². The normalized spacial score (nSPS) is 21.6. The second-order valence-electron chi connectivity index (χ2n) is 5.10. The summed E-state index contributed by atoms with van der Waals surface area (Å²) in [4.78, 5) is 31.7. The predicted octanol–water partition coefficient (Wildman–Crippen LogP) is 1.73. The van der Waals surface area contributed by atoms with E-state index in [9.17, 15) is 9.59 Å². The van der Waals surface area contributed by atoms with Crippen molar-refractivity contribution in [3.63, 3.8) is 0 Å². The quantitative estimate of drug-likeness (QED) is 0.856. The Morgan fingerprint density at radius 2 is 2.05 bits per heavy atom. The minimum atomic E-state index is -0.232. The van der Waals surface area contributed by atoms with Gasteiger partial charge in [-0.05, 0) is 19.3 Å². The fourth-order valence-electron chi connectivity index (χ4n) is 2.59. The van der Waals surface area contributed by atoms with Crippen LogP contribution in [0.1, 0.15) is 31.4 Å². The van der Waals surface area contributed by atoms with Crippen molar-refractivity contribution in [3.8, 4) is 0 Å². The van der Waals surface area contributed by atoms with Gasteiger partial charge >= 0.3 is 5.97 Å². The lowest BCUT2D eigenvalue weighted by Crippen LogP contribution is -2.35. The molecule has 0 radical (unpaired) electrons. The fraction of sp³-hybridized carbons (Fsp3) is 0.571. The van der Waals surface area contributed by atoms with Crippen molar-refractivity contribution >= 4 is 23.5 Å². The molecule has 0 saturated heterocycles. The first-order valence-corrected chi connectivity index (χ1v) is 7.30. The number of amides is 1. The van der Waals surface area contributed by atoms with Crippen molar-refractivity contribution in [1.82, 2.24) is 15.3 Å². The molecule has 2 rings (SSSR count). The Morgan fingerprint density at radius 3 is 2.76 bits per heavy atom. The van der Waals surface area contributed by atoms with Crippen LogP contribution in [0.15, 0.2) is 12.4 Å². The van der Waals surface area contributed by atoms with Gasteiger partial charge in [-0.25, -0.2) is 4.98 Å². The fourth-order valence-corrected chi connectivity index (χ4v) is 2.76. The lowest BCUT2D eigenvalue weighted by atomic mass is 9.81. The van der Waals surface area contributed by atoms with E-state index in [0.29, 0.717) is 12.1 Å². The number of methoxy groups -OCH3 is 1. The first-order valence-electron chi connectivity index (χ1n) is 6.92. The van der Waals surface area contributed by atoms with Gasteiger partial charge in [-0.2, -0.15) is 0 Å². The molecule has 21 heavy (non-hydrogen) atoms. The number of nitrogens with one attached hydrogen (secondary N) is 1. The summed E-state index contributed by atoms with van der Waals surface area (Å²) in [7, 11) is 1.38. The molecule has 1 aromatic heterocycles. The van der Waals surface area contributed by atoms with Crippen LogP contribution in [-0.2, 0) is 20.9 Å². The highest BCUT2D eigenvalue weighted by atomic mass is 35.5. The molecule has 0 aliphatic heterocycles. The number of aromatic nitrogens is 2. The van der Waals surface area contributed by atoms with Crippen LogP contribution >= 0.6 is 11.6 Å². The van der Waals surface area contributed by atoms with Crippen molar-refractivity contribution in [1.29, 1.82) is 0 Å². The van der Waals surface area contributed by atoms with Crippen LogP contribution in [-0.4, -0.2) is 29.0 Å². The molecule has 1 aromatic rings. The molecular weight excluding hydrogens is 294 g/mol. The highest BCUT2D eigenvalue weighted by Crippen LogP contribution is 2.30. The van der Waals surface area contributed by atoms with E-state index in [2.05, 4.69) is 15.3 Å².